The maximum Gasteiger partial charge on any atom is 0.325 e. The summed E-state index contributed by atoms with van der Waals surface area (Å²) >= 11 is 8.17. The molecule has 2 heterocycles. The Labute approximate surface area is 184 Å². The van der Waals surface area contributed by atoms with E-state index in [0.717, 1.165) is 22.8 Å². The van der Waals surface area contributed by atoms with Crippen molar-refractivity contribution >= 4 is 41.0 Å². The minimum atomic E-state index is -0.341. The number of carbonyl (C=O) groups is 2. The molecule has 2 aliphatic rings. The molecule has 158 valence electrons. The molecule has 5 nitrogen and oxygen atoms in total. The molecule has 1 atom stereocenters. The molecule has 0 aliphatic carbocycles. The number of carbonyl (C=O) groups excluding carboxylic acids is 2. The highest BCUT2D eigenvalue weighted by Gasteiger charge is 2.32. The minimum absolute atomic E-state index is 0.0373. The van der Waals surface area contributed by atoms with E-state index < -0.39 is 0 Å². The van der Waals surface area contributed by atoms with Gasteiger partial charge in [-0.3, -0.25) is 9.69 Å². The van der Waals surface area contributed by atoms with Crippen LogP contribution in [0.3, 0.4) is 0 Å². The molecule has 0 spiro atoms. The summed E-state index contributed by atoms with van der Waals surface area (Å²) in [7, 11) is 0. The van der Waals surface area contributed by atoms with Crippen LogP contribution in [-0.4, -0.2) is 60.2 Å². The number of hydrogen-bond acceptors (Lipinski definition) is 3. The van der Waals surface area contributed by atoms with E-state index in [-0.39, 0.29) is 29.6 Å². The number of rotatable bonds is 4. The van der Waals surface area contributed by atoms with Gasteiger partial charge in [0.2, 0.25) is 5.91 Å². The van der Waals surface area contributed by atoms with Gasteiger partial charge < -0.3 is 9.80 Å². The molecule has 2 aromatic rings. The summed E-state index contributed by atoms with van der Waals surface area (Å²) in [6.45, 7) is 2.34. The molecule has 0 saturated carbocycles. The highest BCUT2D eigenvalue weighted by molar-refractivity contribution is 7.99. The van der Waals surface area contributed by atoms with Crippen LogP contribution in [0.25, 0.3) is 0 Å². The third-order valence-electron chi connectivity index (χ3n) is 5.51. The Bertz CT molecular complexity index is 927. The van der Waals surface area contributed by atoms with Crippen LogP contribution in [0.5, 0.6) is 0 Å². The minimum Gasteiger partial charge on any atom is -0.340 e. The Hall–Kier alpha value is -2.25. The van der Waals surface area contributed by atoms with Gasteiger partial charge in [0, 0.05) is 47.9 Å². The Kier molecular flexibility index (Phi) is 6.49. The number of halogens is 2. The Morgan fingerprint density at radius 3 is 2.60 bits per heavy atom. The average molecular weight is 448 g/mol. The van der Waals surface area contributed by atoms with Crippen LogP contribution >= 0.6 is 23.4 Å². The quantitative estimate of drug-likeness (QED) is 0.696. The fraction of sp³-hybridized carbons (Fsp3) is 0.364. The van der Waals surface area contributed by atoms with Crippen molar-refractivity contribution in [2.24, 2.45) is 0 Å². The van der Waals surface area contributed by atoms with Gasteiger partial charge in [-0.2, -0.15) is 11.8 Å². The number of nitrogens with zero attached hydrogens (tertiary/aromatic N) is 3. The highest BCUT2D eigenvalue weighted by Crippen LogP contribution is 2.37. The zero-order valence-corrected chi connectivity index (χ0v) is 18.0. The van der Waals surface area contributed by atoms with E-state index in [1.54, 1.807) is 21.9 Å². The maximum atomic E-state index is 13.1. The van der Waals surface area contributed by atoms with Crippen molar-refractivity contribution in [3.63, 3.8) is 0 Å². The van der Waals surface area contributed by atoms with Crippen LogP contribution in [0.15, 0.2) is 48.5 Å². The van der Waals surface area contributed by atoms with E-state index in [0.29, 0.717) is 31.9 Å². The van der Waals surface area contributed by atoms with Gasteiger partial charge in [0.15, 0.2) is 0 Å². The molecule has 0 aromatic heterocycles. The lowest BCUT2D eigenvalue weighted by atomic mass is 10.1. The molecule has 3 amide bonds. The van der Waals surface area contributed by atoms with Crippen molar-refractivity contribution in [3.05, 3.63) is 64.9 Å². The van der Waals surface area contributed by atoms with Crippen LogP contribution in [0.4, 0.5) is 14.9 Å². The molecule has 2 fully saturated rings. The van der Waals surface area contributed by atoms with Crippen molar-refractivity contribution in [3.8, 4) is 0 Å². The summed E-state index contributed by atoms with van der Waals surface area (Å²) in [4.78, 5) is 30.6. The van der Waals surface area contributed by atoms with E-state index in [1.807, 2.05) is 40.9 Å². The van der Waals surface area contributed by atoms with Gasteiger partial charge in [0.1, 0.15) is 12.4 Å². The molecule has 0 radical (unpaired) electrons. The molecule has 2 saturated heterocycles. The van der Waals surface area contributed by atoms with Crippen LogP contribution in [0.2, 0.25) is 5.02 Å². The summed E-state index contributed by atoms with van der Waals surface area (Å²) in [5, 5.41) is 1.03. The smallest absolute Gasteiger partial charge is 0.325 e. The maximum absolute atomic E-state index is 13.1. The summed E-state index contributed by atoms with van der Waals surface area (Å²) in [5.74, 6) is 0.452. The second-order valence-electron chi connectivity index (χ2n) is 7.38. The third kappa shape index (κ3) is 4.57. The zero-order chi connectivity index (χ0) is 21.1. The molecule has 8 heteroatoms. The molecule has 2 aliphatic heterocycles. The Morgan fingerprint density at radius 1 is 1.07 bits per heavy atom. The lowest BCUT2D eigenvalue weighted by Gasteiger charge is -2.24. The van der Waals surface area contributed by atoms with E-state index in [1.165, 1.54) is 12.1 Å². The Morgan fingerprint density at radius 2 is 1.83 bits per heavy atom. The van der Waals surface area contributed by atoms with Gasteiger partial charge in [-0.05, 0) is 42.3 Å². The van der Waals surface area contributed by atoms with Gasteiger partial charge in [-0.15, -0.1) is 0 Å². The first kappa shape index (κ1) is 21.0. The number of thioether (sulfide) groups is 1. The van der Waals surface area contributed by atoms with E-state index >= 15 is 0 Å². The van der Waals surface area contributed by atoms with Crippen LogP contribution in [-0.2, 0) is 4.79 Å². The topological polar surface area (TPSA) is 43.9 Å². The first-order valence-electron chi connectivity index (χ1n) is 9.99. The third-order valence-corrected chi connectivity index (χ3v) is 7.16. The van der Waals surface area contributed by atoms with E-state index in [2.05, 4.69) is 0 Å². The largest absolute Gasteiger partial charge is 0.340 e. The van der Waals surface area contributed by atoms with Crippen molar-refractivity contribution in [1.29, 1.82) is 0 Å². The summed E-state index contributed by atoms with van der Waals surface area (Å²) in [5.41, 5.74) is 1.76. The fourth-order valence-electron chi connectivity index (χ4n) is 3.86. The van der Waals surface area contributed by atoms with Crippen LogP contribution in [0, 0.1) is 5.82 Å². The van der Waals surface area contributed by atoms with Gasteiger partial charge in [0.25, 0.3) is 0 Å². The molecule has 0 unspecified atom stereocenters. The van der Waals surface area contributed by atoms with Gasteiger partial charge in [-0.25, -0.2) is 9.18 Å². The van der Waals surface area contributed by atoms with E-state index in [9.17, 15) is 14.0 Å². The predicted octanol–water partition coefficient (Wildman–Crippen LogP) is 4.43. The normalized spacial score (nSPS) is 19.9. The molecule has 0 bridgehead atoms. The van der Waals surface area contributed by atoms with Crippen molar-refractivity contribution in [2.45, 2.75) is 11.7 Å². The van der Waals surface area contributed by atoms with Crippen molar-refractivity contribution in [2.75, 3.05) is 43.4 Å². The SMILES string of the molecule is O=C(CN1CCN(c2ccc(F)cc2)C1=O)N1CCS[C@@H](c2ccccc2Cl)CC1. The monoisotopic (exact) mass is 447 g/mol. The first-order chi connectivity index (χ1) is 14.5. The number of hydrogen-bond donors (Lipinski definition) is 0. The molecule has 0 N–H and O–H groups in total. The zero-order valence-electron chi connectivity index (χ0n) is 16.5. The van der Waals surface area contributed by atoms with Gasteiger partial charge >= 0.3 is 6.03 Å². The van der Waals surface area contributed by atoms with Crippen molar-refractivity contribution < 1.29 is 14.0 Å². The van der Waals surface area contributed by atoms with Gasteiger partial charge in [-0.1, -0.05) is 29.8 Å². The molecule has 4 rings (SSSR count). The van der Waals surface area contributed by atoms with Crippen LogP contribution in [0.1, 0.15) is 17.2 Å². The van der Waals surface area contributed by atoms with Crippen LogP contribution < -0.4 is 4.90 Å². The summed E-state index contributed by atoms with van der Waals surface area (Å²) < 4.78 is 13.1. The predicted molar refractivity (Wildman–Crippen MR) is 119 cm³/mol. The number of benzene rings is 2. The fourth-order valence-corrected chi connectivity index (χ4v) is 5.46. The van der Waals surface area contributed by atoms with E-state index in [4.69, 9.17) is 11.6 Å². The standard InChI is InChI=1S/C22H23ClFN3O2S/c23-19-4-2-1-3-18(19)20-9-10-25(13-14-30-20)21(28)15-26-11-12-27(22(26)29)17-7-5-16(24)6-8-17/h1-8,20H,9-15H2/t20-/m1/s1. The molecule has 2 aromatic carbocycles. The lowest BCUT2D eigenvalue weighted by molar-refractivity contribution is -0.131. The average Bonchev–Trinajstić information content (AvgIpc) is 2.95. The number of urea groups is 1. The summed E-state index contributed by atoms with van der Waals surface area (Å²) in [6.07, 6.45) is 0.829. The number of anilines is 1. The van der Waals surface area contributed by atoms with Crippen molar-refractivity contribution in [1.82, 2.24) is 9.80 Å². The second-order valence-corrected chi connectivity index (χ2v) is 9.10. The molecular weight excluding hydrogens is 425 g/mol. The lowest BCUT2D eigenvalue weighted by Crippen LogP contribution is -2.43. The number of amides is 3. The Balaban J connectivity index is 1.34. The molecule has 30 heavy (non-hydrogen) atoms. The summed E-state index contributed by atoms with van der Waals surface area (Å²) in [6, 6.07) is 13.5. The highest BCUT2D eigenvalue weighted by atomic mass is 35.5. The van der Waals surface area contributed by atoms with Gasteiger partial charge in [0.05, 0.1) is 0 Å². The first-order valence-corrected chi connectivity index (χ1v) is 11.4. The molecular formula is C22H23ClFN3O2S. The second kappa shape index (κ2) is 9.27.